The van der Waals surface area contributed by atoms with Gasteiger partial charge in [-0.25, -0.2) is 4.79 Å². The van der Waals surface area contributed by atoms with E-state index in [1.807, 2.05) is 0 Å². The summed E-state index contributed by atoms with van der Waals surface area (Å²) < 4.78 is 10.2. The maximum absolute atomic E-state index is 12.3. The van der Waals surface area contributed by atoms with Crippen LogP contribution in [0.5, 0.6) is 5.75 Å². The fourth-order valence-electron chi connectivity index (χ4n) is 2.07. The van der Waals surface area contributed by atoms with Crippen molar-refractivity contribution in [2.45, 2.75) is 13.0 Å². The number of hydrogen-bond donors (Lipinski definition) is 1. The van der Waals surface area contributed by atoms with E-state index in [0.29, 0.717) is 0 Å². The molecule has 0 unspecified atom stereocenters. The zero-order valence-corrected chi connectivity index (χ0v) is 15.7. The minimum atomic E-state index is -1.21. The highest BCUT2D eigenvalue weighted by atomic mass is 35.5. The molecule has 2 rings (SSSR count). The number of rotatable bonds is 6. The second kappa shape index (κ2) is 8.70. The van der Waals surface area contributed by atoms with Crippen LogP contribution in [0.2, 0.25) is 10.0 Å². The molecule has 8 nitrogen and oxygen atoms in total. The SMILES string of the molecule is COc1ccc([N+](=O)[O-])cc1NC(=O)[C@H](C)OC(=O)c1cc(Cl)ccc1Cl. The summed E-state index contributed by atoms with van der Waals surface area (Å²) in [7, 11) is 1.35. The molecule has 0 saturated carbocycles. The number of nitrogens with one attached hydrogen (secondary N) is 1. The van der Waals surface area contributed by atoms with Crippen molar-refractivity contribution in [2.24, 2.45) is 0 Å². The Balaban J connectivity index is 2.14. The van der Waals surface area contributed by atoms with Gasteiger partial charge in [-0.3, -0.25) is 14.9 Å². The van der Waals surface area contributed by atoms with Crippen LogP contribution in [0, 0.1) is 10.1 Å². The molecule has 0 aliphatic rings. The molecule has 2 aromatic rings. The van der Waals surface area contributed by atoms with Crippen LogP contribution in [0.15, 0.2) is 36.4 Å². The minimum Gasteiger partial charge on any atom is -0.495 e. The lowest BCUT2D eigenvalue weighted by atomic mass is 10.2. The van der Waals surface area contributed by atoms with Crippen LogP contribution in [0.3, 0.4) is 0 Å². The molecule has 1 amide bonds. The van der Waals surface area contributed by atoms with Crippen LogP contribution in [0.4, 0.5) is 11.4 Å². The molecule has 1 atom stereocenters. The number of carbonyl (C=O) groups is 2. The number of methoxy groups -OCH3 is 1. The topological polar surface area (TPSA) is 108 Å². The van der Waals surface area contributed by atoms with Gasteiger partial charge in [0.2, 0.25) is 0 Å². The summed E-state index contributed by atoms with van der Waals surface area (Å²) in [4.78, 5) is 34.8. The average Bonchev–Trinajstić information content (AvgIpc) is 2.63. The van der Waals surface area contributed by atoms with Crippen LogP contribution in [0.25, 0.3) is 0 Å². The summed E-state index contributed by atoms with van der Waals surface area (Å²) in [6.07, 6.45) is -1.21. The number of ether oxygens (including phenoxy) is 2. The highest BCUT2D eigenvalue weighted by Crippen LogP contribution is 2.29. The lowest BCUT2D eigenvalue weighted by Crippen LogP contribution is -2.30. The number of carbonyl (C=O) groups excluding carboxylic acids is 2. The third-order valence-electron chi connectivity index (χ3n) is 3.45. The minimum absolute atomic E-state index is 0.0109. The van der Waals surface area contributed by atoms with Gasteiger partial charge in [-0.15, -0.1) is 0 Å². The van der Waals surface area contributed by atoms with E-state index >= 15 is 0 Å². The molecule has 0 aromatic heterocycles. The maximum Gasteiger partial charge on any atom is 0.340 e. The Bertz CT molecular complexity index is 903. The Labute approximate surface area is 164 Å². The molecule has 0 aliphatic heterocycles. The molecule has 27 heavy (non-hydrogen) atoms. The first-order valence-corrected chi connectivity index (χ1v) is 8.28. The highest BCUT2D eigenvalue weighted by Gasteiger charge is 2.22. The van der Waals surface area contributed by atoms with Gasteiger partial charge in [0.05, 0.1) is 28.3 Å². The molecule has 1 N–H and O–H groups in total. The first kappa shape index (κ1) is 20.5. The average molecular weight is 413 g/mol. The van der Waals surface area contributed by atoms with Crippen molar-refractivity contribution < 1.29 is 24.0 Å². The molecule has 0 radical (unpaired) electrons. The second-order valence-corrected chi connectivity index (χ2v) is 6.15. The molecule has 2 aromatic carbocycles. The smallest absolute Gasteiger partial charge is 0.340 e. The van der Waals surface area contributed by atoms with Gasteiger partial charge in [0.25, 0.3) is 11.6 Å². The molecule has 0 saturated heterocycles. The van der Waals surface area contributed by atoms with Gasteiger partial charge in [-0.2, -0.15) is 0 Å². The molecule has 0 bridgehead atoms. The maximum atomic E-state index is 12.3. The van der Waals surface area contributed by atoms with Crippen LogP contribution >= 0.6 is 23.2 Å². The molecular weight excluding hydrogens is 399 g/mol. The van der Waals surface area contributed by atoms with E-state index in [2.05, 4.69) is 5.32 Å². The van der Waals surface area contributed by atoms with Gasteiger partial charge in [-0.1, -0.05) is 23.2 Å². The number of amides is 1. The zero-order valence-electron chi connectivity index (χ0n) is 14.2. The largest absolute Gasteiger partial charge is 0.495 e. The number of benzene rings is 2. The Hall–Kier alpha value is -2.84. The van der Waals surface area contributed by atoms with E-state index in [1.54, 1.807) is 0 Å². The van der Waals surface area contributed by atoms with E-state index in [9.17, 15) is 19.7 Å². The number of nitro groups is 1. The number of esters is 1. The lowest BCUT2D eigenvalue weighted by molar-refractivity contribution is -0.384. The standard InChI is InChI=1S/C17H14Cl2N2O6/c1-9(27-17(23)12-7-10(18)3-5-13(12)19)16(22)20-14-8-11(21(24)25)4-6-15(14)26-2/h3-9H,1-2H3,(H,20,22)/t9-/m0/s1. The second-order valence-electron chi connectivity index (χ2n) is 5.30. The van der Waals surface area contributed by atoms with E-state index in [4.69, 9.17) is 32.7 Å². The molecule has 0 fully saturated rings. The van der Waals surface area contributed by atoms with Gasteiger partial charge in [0.1, 0.15) is 5.75 Å². The van der Waals surface area contributed by atoms with Crippen molar-refractivity contribution in [3.05, 3.63) is 62.1 Å². The van der Waals surface area contributed by atoms with E-state index < -0.39 is 22.9 Å². The summed E-state index contributed by atoms with van der Waals surface area (Å²) in [5, 5.41) is 13.7. The summed E-state index contributed by atoms with van der Waals surface area (Å²) in [6, 6.07) is 7.97. The molecule has 142 valence electrons. The number of anilines is 1. The number of hydrogen-bond acceptors (Lipinski definition) is 6. The first-order chi connectivity index (χ1) is 12.7. The van der Waals surface area contributed by atoms with Crippen molar-refractivity contribution in [3.8, 4) is 5.75 Å². The summed E-state index contributed by atoms with van der Waals surface area (Å²) in [5.74, 6) is -1.33. The zero-order chi connectivity index (χ0) is 20.1. The van der Waals surface area contributed by atoms with Gasteiger partial charge in [0, 0.05) is 17.2 Å². The summed E-state index contributed by atoms with van der Waals surface area (Å²) in [6.45, 7) is 1.34. The van der Waals surface area contributed by atoms with Crippen molar-refractivity contribution >= 4 is 46.5 Å². The Morgan fingerprint density at radius 1 is 1.19 bits per heavy atom. The van der Waals surface area contributed by atoms with Gasteiger partial charge >= 0.3 is 5.97 Å². The van der Waals surface area contributed by atoms with Crippen molar-refractivity contribution in [1.29, 1.82) is 0 Å². The number of nitro benzene ring substituents is 1. The normalized spacial score (nSPS) is 11.4. The van der Waals surface area contributed by atoms with Gasteiger partial charge in [0.15, 0.2) is 6.10 Å². The van der Waals surface area contributed by atoms with E-state index in [-0.39, 0.29) is 32.7 Å². The number of halogens is 2. The van der Waals surface area contributed by atoms with Crippen molar-refractivity contribution in [3.63, 3.8) is 0 Å². The predicted octanol–water partition coefficient (Wildman–Crippen LogP) is 4.09. The highest BCUT2D eigenvalue weighted by molar-refractivity contribution is 6.35. The Morgan fingerprint density at radius 2 is 1.89 bits per heavy atom. The third kappa shape index (κ3) is 5.08. The quantitative estimate of drug-likeness (QED) is 0.434. The molecule has 0 spiro atoms. The van der Waals surface area contributed by atoms with E-state index in [1.165, 1.54) is 44.4 Å². The number of non-ortho nitro benzene ring substituents is 1. The molecule has 0 aliphatic carbocycles. The van der Waals surface area contributed by atoms with Crippen molar-refractivity contribution in [1.82, 2.24) is 0 Å². The molecule has 10 heteroatoms. The third-order valence-corrected chi connectivity index (χ3v) is 4.02. The van der Waals surface area contributed by atoms with Crippen LogP contribution in [0.1, 0.15) is 17.3 Å². The summed E-state index contributed by atoms with van der Waals surface area (Å²) in [5.41, 5.74) is -0.154. The van der Waals surface area contributed by atoms with Crippen LogP contribution in [-0.4, -0.2) is 30.0 Å². The lowest BCUT2D eigenvalue weighted by Gasteiger charge is -2.15. The summed E-state index contributed by atoms with van der Waals surface area (Å²) >= 11 is 11.8. The van der Waals surface area contributed by atoms with Gasteiger partial charge < -0.3 is 14.8 Å². The molecule has 0 heterocycles. The number of nitrogens with zero attached hydrogens (tertiary/aromatic N) is 1. The Kier molecular flexibility index (Phi) is 6.59. The molecular formula is C17H14Cl2N2O6. The van der Waals surface area contributed by atoms with Gasteiger partial charge in [-0.05, 0) is 31.2 Å². The fraction of sp³-hybridized carbons (Fsp3) is 0.176. The fourth-order valence-corrected chi connectivity index (χ4v) is 2.44. The Morgan fingerprint density at radius 3 is 2.52 bits per heavy atom. The van der Waals surface area contributed by atoms with Crippen LogP contribution < -0.4 is 10.1 Å². The first-order valence-electron chi connectivity index (χ1n) is 7.52. The monoisotopic (exact) mass is 412 g/mol. The van der Waals surface area contributed by atoms with E-state index in [0.717, 1.165) is 6.07 Å². The van der Waals surface area contributed by atoms with Crippen LogP contribution in [-0.2, 0) is 9.53 Å². The van der Waals surface area contributed by atoms with Crippen molar-refractivity contribution in [2.75, 3.05) is 12.4 Å². The predicted molar refractivity (Wildman–Crippen MR) is 99.6 cm³/mol.